The van der Waals surface area contributed by atoms with E-state index in [0.29, 0.717) is 24.8 Å². The molecule has 0 spiro atoms. The second-order valence-corrected chi connectivity index (χ2v) is 6.20. The van der Waals surface area contributed by atoms with Gasteiger partial charge < -0.3 is 18.6 Å². The minimum Gasteiger partial charge on any atom is -0.364 e. The van der Waals surface area contributed by atoms with Gasteiger partial charge >= 0.3 is 0 Å². The molecular weight excluding hydrogens is 328 g/mol. The van der Waals surface area contributed by atoms with E-state index < -0.39 is 0 Å². The number of hydrogen-bond acceptors (Lipinski definition) is 3. The Hall–Kier alpha value is -2.89. The summed E-state index contributed by atoms with van der Waals surface area (Å²) in [5.74, 6) is -0.0495. The van der Waals surface area contributed by atoms with Crippen LogP contribution in [0.15, 0.2) is 60.7 Å². The number of aromatic nitrogens is 2. The second-order valence-electron chi connectivity index (χ2n) is 6.20. The number of rotatable bonds is 6. The molecule has 0 unspecified atom stereocenters. The smallest absolute Gasteiger partial charge is 0.225 e. The van der Waals surface area contributed by atoms with Crippen LogP contribution in [-0.2, 0) is 22.9 Å². The molecule has 0 fully saturated rings. The highest BCUT2D eigenvalue weighted by molar-refractivity contribution is 6.11. The van der Waals surface area contributed by atoms with Crippen molar-refractivity contribution < 1.29 is 14.3 Å². The third kappa shape index (κ3) is 2.62. The fourth-order valence-electron chi connectivity index (χ4n) is 3.46. The first-order chi connectivity index (χ1) is 12.7. The first-order valence-electron chi connectivity index (χ1n) is 8.43. The summed E-state index contributed by atoms with van der Waals surface area (Å²) >= 11 is 0. The predicted octanol–water partition coefficient (Wildman–Crippen LogP) is 4.03. The Balaban J connectivity index is 1.91. The van der Waals surface area contributed by atoms with Crippen LogP contribution >= 0.6 is 0 Å². The number of ketones is 1. The maximum absolute atomic E-state index is 13.4. The number of para-hydroxylation sites is 2. The van der Waals surface area contributed by atoms with E-state index >= 15 is 0 Å². The number of methoxy groups -OCH3 is 2. The normalized spacial score (nSPS) is 11.5. The zero-order chi connectivity index (χ0) is 18.1. The molecule has 0 radical (unpaired) electrons. The van der Waals surface area contributed by atoms with Crippen LogP contribution in [0.25, 0.3) is 21.8 Å². The van der Waals surface area contributed by atoms with Crippen LogP contribution in [-0.4, -0.2) is 29.1 Å². The molecule has 2 heterocycles. The van der Waals surface area contributed by atoms with Crippen LogP contribution < -0.4 is 0 Å². The molecule has 5 nitrogen and oxygen atoms in total. The molecule has 0 aliphatic carbocycles. The standard InChI is InChI=1S/C21H20N2O3/c1-25-13-22-17-9-5-3-7-15(17)11-19(22)21(24)20-12-16-8-4-6-10-18(16)23(20)14-26-2/h3-12H,13-14H2,1-2H3. The van der Waals surface area contributed by atoms with Crippen molar-refractivity contribution >= 4 is 27.6 Å². The summed E-state index contributed by atoms with van der Waals surface area (Å²) in [7, 11) is 3.26. The van der Waals surface area contributed by atoms with E-state index in [2.05, 4.69) is 0 Å². The SMILES string of the molecule is COCn1c(C(=O)c2cc3ccccc3n2COC)cc2ccccc21. The van der Waals surface area contributed by atoms with E-state index in [4.69, 9.17) is 9.47 Å². The lowest BCUT2D eigenvalue weighted by Crippen LogP contribution is -2.15. The molecular formula is C21H20N2O3. The first kappa shape index (κ1) is 16.6. The van der Waals surface area contributed by atoms with Crippen molar-refractivity contribution in [3.05, 3.63) is 72.1 Å². The summed E-state index contributed by atoms with van der Waals surface area (Å²) in [6, 6.07) is 19.7. The Labute approximate surface area is 151 Å². The lowest BCUT2D eigenvalue weighted by Gasteiger charge is -2.11. The number of carbonyl (C=O) groups excluding carboxylic acids is 1. The minimum atomic E-state index is -0.0495. The van der Waals surface area contributed by atoms with Gasteiger partial charge in [0, 0.05) is 25.0 Å². The molecule has 0 aliphatic heterocycles. The van der Waals surface area contributed by atoms with Crippen molar-refractivity contribution in [3.8, 4) is 0 Å². The van der Waals surface area contributed by atoms with Crippen LogP contribution in [0.3, 0.4) is 0 Å². The van der Waals surface area contributed by atoms with E-state index in [9.17, 15) is 4.79 Å². The molecule has 0 saturated carbocycles. The fraction of sp³-hybridized carbons (Fsp3) is 0.190. The lowest BCUT2D eigenvalue weighted by atomic mass is 10.2. The minimum absolute atomic E-state index is 0.0495. The molecule has 0 bridgehead atoms. The molecule has 26 heavy (non-hydrogen) atoms. The maximum atomic E-state index is 13.4. The zero-order valence-corrected chi connectivity index (χ0v) is 14.8. The Morgan fingerprint density at radius 1 is 0.769 bits per heavy atom. The van der Waals surface area contributed by atoms with Crippen molar-refractivity contribution in [1.82, 2.24) is 9.13 Å². The van der Waals surface area contributed by atoms with Gasteiger partial charge in [0.25, 0.3) is 0 Å². The van der Waals surface area contributed by atoms with Gasteiger partial charge in [0.1, 0.15) is 13.5 Å². The maximum Gasteiger partial charge on any atom is 0.225 e. The van der Waals surface area contributed by atoms with Crippen molar-refractivity contribution in [1.29, 1.82) is 0 Å². The topological polar surface area (TPSA) is 45.4 Å². The molecule has 0 aliphatic rings. The number of ether oxygens (including phenoxy) is 2. The number of carbonyl (C=O) groups is 1. The third-order valence-electron chi connectivity index (χ3n) is 4.60. The first-order valence-corrected chi connectivity index (χ1v) is 8.43. The highest BCUT2D eigenvalue weighted by Gasteiger charge is 2.21. The molecule has 2 aromatic heterocycles. The Morgan fingerprint density at radius 2 is 1.19 bits per heavy atom. The van der Waals surface area contributed by atoms with Gasteiger partial charge in [0.05, 0.1) is 22.4 Å². The second kappa shape index (κ2) is 6.78. The van der Waals surface area contributed by atoms with Crippen LogP contribution in [0.5, 0.6) is 0 Å². The predicted molar refractivity (Wildman–Crippen MR) is 101 cm³/mol. The summed E-state index contributed by atoms with van der Waals surface area (Å²) in [6.07, 6.45) is 0. The van der Waals surface area contributed by atoms with Crippen molar-refractivity contribution in [2.24, 2.45) is 0 Å². The quantitative estimate of drug-likeness (QED) is 0.494. The summed E-state index contributed by atoms with van der Waals surface area (Å²) in [5, 5.41) is 2.03. The van der Waals surface area contributed by atoms with Crippen LogP contribution in [0.2, 0.25) is 0 Å². The number of fused-ring (bicyclic) bond motifs is 2. The third-order valence-corrected chi connectivity index (χ3v) is 4.60. The fourth-order valence-corrected chi connectivity index (χ4v) is 3.46. The largest absolute Gasteiger partial charge is 0.364 e. The van der Waals surface area contributed by atoms with Gasteiger partial charge in [-0.25, -0.2) is 0 Å². The molecule has 0 atom stereocenters. The Morgan fingerprint density at radius 3 is 1.62 bits per heavy atom. The summed E-state index contributed by atoms with van der Waals surface area (Å²) in [4.78, 5) is 13.4. The van der Waals surface area contributed by atoms with Gasteiger partial charge in [-0.1, -0.05) is 36.4 Å². The summed E-state index contributed by atoms with van der Waals surface area (Å²) in [6.45, 7) is 0.637. The molecule has 4 aromatic rings. The highest BCUT2D eigenvalue weighted by Crippen LogP contribution is 2.26. The van der Waals surface area contributed by atoms with Gasteiger partial charge in [0.15, 0.2) is 0 Å². The number of hydrogen-bond donors (Lipinski definition) is 0. The van der Waals surface area contributed by atoms with Crippen molar-refractivity contribution in [3.63, 3.8) is 0 Å². The average Bonchev–Trinajstić information content (AvgIpc) is 3.21. The van der Waals surface area contributed by atoms with Gasteiger partial charge in [-0.3, -0.25) is 4.79 Å². The van der Waals surface area contributed by atoms with Gasteiger partial charge in [-0.05, 0) is 24.3 Å². The molecule has 0 N–H and O–H groups in total. The van der Waals surface area contributed by atoms with Crippen LogP contribution in [0.4, 0.5) is 0 Å². The number of nitrogens with zero attached hydrogens (tertiary/aromatic N) is 2. The molecule has 132 valence electrons. The molecule has 2 aromatic carbocycles. The van der Waals surface area contributed by atoms with Crippen LogP contribution in [0, 0.1) is 0 Å². The Kier molecular flexibility index (Phi) is 4.32. The van der Waals surface area contributed by atoms with Gasteiger partial charge in [-0.2, -0.15) is 0 Å². The number of benzene rings is 2. The van der Waals surface area contributed by atoms with Crippen LogP contribution in [0.1, 0.15) is 16.2 Å². The van der Waals surface area contributed by atoms with Crippen molar-refractivity contribution in [2.75, 3.05) is 14.2 Å². The molecule has 5 heteroatoms. The summed E-state index contributed by atoms with van der Waals surface area (Å²) < 4.78 is 14.5. The highest BCUT2D eigenvalue weighted by atomic mass is 16.5. The molecule has 4 rings (SSSR count). The molecule has 0 amide bonds. The zero-order valence-electron chi connectivity index (χ0n) is 14.8. The van der Waals surface area contributed by atoms with Crippen molar-refractivity contribution in [2.45, 2.75) is 13.5 Å². The summed E-state index contributed by atoms with van der Waals surface area (Å²) in [5.41, 5.74) is 3.17. The van der Waals surface area contributed by atoms with E-state index in [-0.39, 0.29) is 5.78 Å². The average molecular weight is 348 g/mol. The monoisotopic (exact) mass is 348 g/mol. The lowest BCUT2D eigenvalue weighted by molar-refractivity contribution is 0.0959. The van der Waals surface area contributed by atoms with E-state index in [1.54, 1.807) is 14.2 Å². The van der Waals surface area contributed by atoms with Gasteiger partial charge in [0.2, 0.25) is 5.78 Å². The molecule has 0 saturated heterocycles. The van der Waals surface area contributed by atoms with E-state index in [1.165, 1.54) is 0 Å². The van der Waals surface area contributed by atoms with E-state index in [1.807, 2.05) is 69.8 Å². The van der Waals surface area contributed by atoms with Gasteiger partial charge in [-0.15, -0.1) is 0 Å². The van der Waals surface area contributed by atoms with E-state index in [0.717, 1.165) is 21.8 Å². The Bertz CT molecular complexity index is 1010.